The normalized spacial score (nSPS) is 22.0. The number of carboxylic acid groups (broad SMARTS) is 1. The van der Waals surface area contributed by atoms with Crippen LogP contribution in [0.5, 0.6) is 0 Å². The first-order chi connectivity index (χ1) is 9.13. The molecule has 0 saturated carbocycles. The molecule has 1 unspecified atom stereocenters. The van der Waals surface area contributed by atoms with Gasteiger partial charge in [0.05, 0.1) is 11.7 Å². The molecule has 1 heterocycles. The van der Waals surface area contributed by atoms with Crippen LogP contribution in [-0.4, -0.2) is 28.8 Å². The van der Waals surface area contributed by atoms with E-state index in [1.54, 1.807) is 11.3 Å². The van der Waals surface area contributed by atoms with Gasteiger partial charge in [-0.05, 0) is 25.8 Å². The van der Waals surface area contributed by atoms with Crippen LogP contribution in [0.25, 0.3) is 0 Å². The van der Waals surface area contributed by atoms with Crippen LogP contribution in [0.3, 0.4) is 0 Å². The van der Waals surface area contributed by atoms with Gasteiger partial charge in [-0.3, -0.25) is 0 Å². The van der Waals surface area contributed by atoms with Crippen molar-refractivity contribution in [2.45, 2.75) is 44.8 Å². The van der Waals surface area contributed by atoms with Gasteiger partial charge in [-0.1, -0.05) is 6.92 Å². The molecule has 1 amide bonds. The van der Waals surface area contributed by atoms with Gasteiger partial charge in [-0.15, -0.1) is 11.3 Å². The number of hydrogen-bond acceptors (Lipinski definition) is 5. The molecule has 0 aromatic carbocycles. The minimum Gasteiger partial charge on any atom is -0.465 e. The molecule has 1 aliphatic carbocycles. The fourth-order valence-corrected chi connectivity index (χ4v) is 3.49. The molecule has 0 saturated heterocycles. The van der Waals surface area contributed by atoms with Crippen LogP contribution in [0.15, 0.2) is 0 Å². The first-order valence-electron chi connectivity index (χ1n) is 6.55. The molecule has 2 rings (SSSR count). The summed E-state index contributed by atoms with van der Waals surface area (Å²) in [5, 5.41) is 15.8. The van der Waals surface area contributed by atoms with E-state index in [4.69, 9.17) is 10.8 Å². The van der Waals surface area contributed by atoms with E-state index in [-0.39, 0.29) is 6.04 Å². The predicted octanol–water partition coefficient (Wildman–Crippen LogP) is 1.22. The lowest BCUT2D eigenvalue weighted by Crippen LogP contribution is -2.41. The average Bonchev–Trinajstić information content (AvgIpc) is 2.79. The van der Waals surface area contributed by atoms with Gasteiger partial charge in [0.25, 0.3) is 0 Å². The Morgan fingerprint density at radius 2 is 2.42 bits per heavy atom. The topological polar surface area (TPSA) is 100 Å². The molecular formula is C12H20N4O2S. The Labute approximate surface area is 116 Å². The number of thiazole rings is 1. The summed E-state index contributed by atoms with van der Waals surface area (Å²) in [6.45, 7) is 3.47. The van der Waals surface area contributed by atoms with Crippen LogP contribution in [0.2, 0.25) is 0 Å². The predicted molar refractivity (Wildman–Crippen MR) is 74.3 cm³/mol. The zero-order chi connectivity index (χ0) is 13.8. The van der Waals surface area contributed by atoms with E-state index in [0.717, 1.165) is 41.4 Å². The Kier molecular flexibility index (Phi) is 4.73. The molecule has 19 heavy (non-hydrogen) atoms. The maximum absolute atomic E-state index is 10.9. The number of nitrogens with zero attached hydrogens (tertiary/aromatic N) is 1. The zero-order valence-corrected chi connectivity index (χ0v) is 11.8. The first-order valence-corrected chi connectivity index (χ1v) is 7.37. The van der Waals surface area contributed by atoms with E-state index < -0.39 is 6.09 Å². The molecule has 0 spiro atoms. The second-order valence-electron chi connectivity index (χ2n) is 4.71. The summed E-state index contributed by atoms with van der Waals surface area (Å²) in [7, 11) is 0. The van der Waals surface area contributed by atoms with Gasteiger partial charge in [-0.25, -0.2) is 9.78 Å². The molecule has 0 bridgehead atoms. The number of rotatable bonds is 5. The van der Waals surface area contributed by atoms with Crippen molar-refractivity contribution in [3.63, 3.8) is 0 Å². The molecule has 1 aromatic heterocycles. The molecule has 7 heteroatoms. The quantitative estimate of drug-likeness (QED) is 0.651. The standard InChI is InChI=1S/C12H20N4O2S/c1-2-3-14-7-4-8(15-12(17)18)11-9(5-7)19-10(6-13)16-11/h7-8,14-15H,2-6,13H2,1H3,(H,17,18)/t7?,8-/m1/s1. The van der Waals surface area contributed by atoms with Gasteiger partial charge in [0.1, 0.15) is 5.01 Å². The third-order valence-corrected chi connectivity index (χ3v) is 4.33. The summed E-state index contributed by atoms with van der Waals surface area (Å²) < 4.78 is 0. The van der Waals surface area contributed by atoms with E-state index >= 15 is 0 Å². The fourth-order valence-electron chi connectivity index (χ4n) is 2.40. The van der Waals surface area contributed by atoms with Crippen molar-refractivity contribution >= 4 is 17.4 Å². The Morgan fingerprint density at radius 3 is 3.05 bits per heavy atom. The van der Waals surface area contributed by atoms with Crippen LogP contribution in [-0.2, 0) is 13.0 Å². The number of nitrogens with two attached hydrogens (primary N) is 1. The van der Waals surface area contributed by atoms with Crippen LogP contribution in [0.4, 0.5) is 4.79 Å². The van der Waals surface area contributed by atoms with Crippen molar-refractivity contribution in [2.24, 2.45) is 5.73 Å². The van der Waals surface area contributed by atoms with Crippen LogP contribution in [0, 0.1) is 0 Å². The minimum absolute atomic E-state index is 0.229. The number of hydrogen-bond donors (Lipinski definition) is 4. The summed E-state index contributed by atoms with van der Waals surface area (Å²) in [6, 6.07) is 0.0718. The van der Waals surface area contributed by atoms with Crippen molar-refractivity contribution in [3.05, 3.63) is 15.6 Å². The van der Waals surface area contributed by atoms with E-state index in [9.17, 15) is 4.79 Å². The lowest BCUT2D eigenvalue weighted by molar-refractivity contribution is 0.186. The zero-order valence-electron chi connectivity index (χ0n) is 11.0. The molecule has 1 aliphatic rings. The summed E-state index contributed by atoms with van der Waals surface area (Å²) >= 11 is 1.59. The smallest absolute Gasteiger partial charge is 0.405 e. The third kappa shape index (κ3) is 3.43. The highest BCUT2D eigenvalue weighted by molar-refractivity contribution is 7.11. The molecule has 0 fully saturated rings. The maximum Gasteiger partial charge on any atom is 0.405 e. The number of amides is 1. The lowest BCUT2D eigenvalue weighted by Gasteiger charge is -2.28. The van der Waals surface area contributed by atoms with Gasteiger partial charge in [0.2, 0.25) is 0 Å². The molecule has 5 N–H and O–H groups in total. The van der Waals surface area contributed by atoms with Crippen LogP contribution in [0.1, 0.15) is 41.4 Å². The molecule has 0 radical (unpaired) electrons. The minimum atomic E-state index is -1.01. The van der Waals surface area contributed by atoms with E-state index in [1.807, 2.05) is 0 Å². The molecule has 106 valence electrons. The third-order valence-electron chi connectivity index (χ3n) is 3.21. The molecule has 2 atom stereocenters. The molecule has 0 aliphatic heterocycles. The molecule has 1 aromatic rings. The van der Waals surface area contributed by atoms with Gasteiger partial charge in [-0.2, -0.15) is 0 Å². The van der Waals surface area contributed by atoms with Gasteiger partial charge < -0.3 is 21.5 Å². The van der Waals surface area contributed by atoms with Gasteiger partial charge in [0.15, 0.2) is 0 Å². The summed E-state index contributed by atoms with van der Waals surface area (Å²) in [6.07, 6.45) is 1.71. The summed E-state index contributed by atoms with van der Waals surface area (Å²) in [4.78, 5) is 16.5. The largest absolute Gasteiger partial charge is 0.465 e. The SMILES string of the molecule is CCCNC1Cc2sc(CN)nc2[C@H](NC(=O)O)C1. The lowest BCUT2D eigenvalue weighted by atomic mass is 9.93. The number of carbonyl (C=O) groups is 1. The fraction of sp³-hybridized carbons (Fsp3) is 0.667. The highest BCUT2D eigenvalue weighted by Gasteiger charge is 2.31. The monoisotopic (exact) mass is 284 g/mol. The Bertz CT molecular complexity index is 449. The van der Waals surface area contributed by atoms with E-state index in [0.29, 0.717) is 12.6 Å². The second kappa shape index (κ2) is 6.31. The van der Waals surface area contributed by atoms with Crippen LogP contribution < -0.4 is 16.4 Å². The van der Waals surface area contributed by atoms with Crippen molar-refractivity contribution in [1.29, 1.82) is 0 Å². The van der Waals surface area contributed by atoms with E-state index in [2.05, 4.69) is 22.5 Å². The number of fused-ring (bicyclic) bond motifs is 1. The number of nitrogens with one attached hydrogen (secondary N) is 2. The Hall–Kier alpha value is -1.18. The number of aromatic nitrogens is 1. The molecule has 6 nitrogen and oxygen atoms in total. The highest BCUT2D eigenvalue weighted by Crippen LogP contribution is 2.33. The van der Waals surface area contributed by atoms with Crippen LogP contribution >= 0.6 is 11.3 Å². The second-order valence-corrected chi connectivity index (χ2v) is 5.88. The van der Waals surface area contributed by atoms with E-state index in [1.165, 1.54) is 0 Å². The van der Waals surface area contributed by atoms with Crippen molar-refractivity contribution < 1.29 is 9.90 Å². The summed E-state index contributed by atoms with van der Waals surface area (Å²) in [5.74, 6) is 0. The molecular weight excluding hydrogens is 264 g/mol. The average molecular weight is 284 g/mol. The maximum atomic E-state index is 10.9. The summed E-state index contributed by atoms with van der Waals surface area (Å²) in [5.41, 5.74) is 6.48. The van der Waals surface area contributed by atoms with Crippen molar-refractivity contribution in [3.8, 4) is 0 Å². The van der Waals surface area contributed by atoms with Crippen molar-refractivity contribution in [2.75, 3.05) is 6.54 Å². The van der Waals surface area contributed by atoms with Gasteiger partial charge in [0, 0.05) is 17.5 Å². The van der Waals surface area contributed by atoms with Gasteiger partial charge >= 0.3 is 6.09 Å². The van der Waals surface area contributed by atoms with Crippen molar-refractivity contribution in [1.82, 2.24) is 15.6 Å². The first kappa shape index (κ1) is 14.2. The Balaban J connectivity index is 2.17. The highest BCUT2D eigenvalue weighted by atomic mass is 32.1. The Morgan fingerprint density at radius 1 is 1.63 bits per heavy atom.